The first-order valence-electron chi connectivity index (χ1n) is 7.60. The molecule has 0 aromatic carbocycles. The van der Waals surface area contributed by atoms with Gasteiger partial charge in [0.2, 0.25) is 15.9 Å². The summed E-state index contributed by atoms with van der Waals surface area (Å²) in [6.07, 6.45) is 0.767. The van der Waals surface area contributed by atoms with Gasteiger partial charge in [-0.05, 0) is 25.1 Å². The first-order chi connectivity index (χ1) is 11.0. The number of rotatable bonds is 8. The Kier molecular flexibility index (Phi) is 6.97. The van der Waals surface area contributed by atoms with E-state index in [2.05, 4.69) is 14.9 Å². The third kappa shape index (κ3) is 6.19. The number of carbonyl (C=O) groups excluding carboxylic acids is 1. The summed E-state index contributed by atoms with van der Waals surface area (Å²) in [6, 6.07) is 3.30. The molecule has 0 bridgehead atoms. The van der Waals surface area contributed by atoms with Crippen molar-refractivity contribution >= 4 is 27.3 Å². The van der Waals surface area contributed by atoms with Gasteiger partial charge in [-0.3, -0.25) is 9.69 Å². The molecule has 2 rings (SSSR count). The van der Waals surface area contributed by atoms with E-state index in [0.29, 0.717) is 13.1 Å². The lowest BCUT2D eigenvalue weighted by atomic mass is 10.3. The van der Waals surface area contributed by atoms with E-state index in [-0.39, 0.29) is 10.1 Å². The van der Waals surface area contributed by atoms with Crippen LogP contribution in [0.4, 0.5) is 0 Å². The Morgan fingerprint density at radius 1 is 1.35 bits per heavy atom. The van der Waals surface area contributed by atoms with Gasteiger partial charge in [-0.15, -0.1) is 11.3 Å². The maximum Gasteiger partial charge on any atom is 0.250 e. The minimum Gasteiger partial charge on any atom is -0.379 e. The van der Waals surface area contributed by atoms with Crippen LogP contribution in [0.5, 0.6) is 0 Å². The predicted octanol–water partition coefficient (Wildman–Crippen LogP) is 0.385. The second-order valence-electron chi connectivity index (χ2n) is 5.34. The Balaban J connectivity index is 1.76. The van der Waals surface area contributed by atoms with E-state index in [1.165, 1.54) is 18.3 Å². The van der Waals surface area contributed by atoms with Gasteiger partial charge in [0.15, 0.2) is 0 Å². The van der Waals surface area contributed by atoms with Crippen LogP contribution in [0.1, 0.15) is 18.2 Å². The van der Waals surface area contributed by atoms with Crippen LogP contribution in [0.15, 0.2) is 16.3 Å². The van der Waals surface area contributed by atoms with Crippen LogP contribution < -0.4 is 10.0 Å². The fourth-order valence-electron chi connectivity index (χ4n) is 2.21. The Morgan fingerprint density at radius 3 is 2.78 bits per heavy atom. The molecule has 23 heavy (non-hydrogen) atoms. The van der Waals surface area contributed by atoms with Gasteiger partial charge in [-0.1, -0.05) is 0 Å². The lowest BCUT2D eigenvalue weighted by Crippen LogP contribution is -2.38. The minimum absolute atomic E-state index is 0.135. The maximum absolute atomic E-state index is 12.2. The van der Waals surface area contributed by atoms with Crippen molar-refractivity contribution < 1.29 is 17.9 Å². The van der Waals surface area contributed by atoms with Crippen LogP contribution in [-0.4, -0.2) is 58.6 Å². The Labute approximate surface area is 141 Å². The molecule has 0 saturated carbocycles. The number of sulfonamides is 1. The third-order valence-electron chi connectivity index (χ3n) is 3.46. The molecule has 1 saturated heterocycles. The van der Waals surface area contributed by atoms with Gasteiger partial charge >= 0.3 is 0 Å². The molecule has 0 unspecified atom stereocenters. The second-order valence-corrected chi connectivity index (χ2v) is 8.50. The molecule has 1 aromatic heterocycles. The number of ether oxygens (including phenoxy) is 1. The van der Waals surface area contributed by atoms with Crippen molar-refractivity contribution in [2.24, 2.45) is 0 Å². The second kappa shape index (κ2) is 8.74. The first kappa shape index (κ1) is 18.3. The molecule has 0 aliphatic carbocycles. The topological polar surface area (TPSA) is 87.7 Å². The normalized spacial score (nSPS) is 16.4. The van der Waals surface area contributed by atoms with E-state index in [0.717, 1.165) is 44.1 Å². The summed E-state index contributed by atoms with van der Waals surface area (Å²) in [5.41, 5.74) is 0. The van der Waals surface area contributed by atoms with Crippen molar-refractivity contribution in [2.75, 3.05) is 39.4 Å². The van der Waals surface area contributed by atoms with Crippen molar-refractivity contribution in [3.63, 3.8) is 0 Å². The average molecular weight is 361 g/mol. The lowest BCUT2D eigenvalue weighted by Gasteiger charge is -2.26. The van der Waals surface area contributed by atoms with Crippen LogP contribution in [0.25, 0.3) is 0 Å². The smallest absolute Gasteiger partial charge is 0.250 e. The summed E-state index contributed by atoms with van der Waals surface area (Å²) in [4.78, 5) is 14.0. The van der Waals surface area contributed by atoms with E-state index in [9.17, 15) is 13.2 Å². The average Bonchev–Trinajstić information content (AvgIpc) is 3.00. The maximum atomic E-state index is 12.2. The van der Waals surface area contributed by atoms with Gasteiger partial charge in [0, 0.05) is 31.4 Å². The molecule has 2 N–H and O–H groups in total. The van der Waals surface area contributed by atoms with Gasteiger partial charge < -0.3 is 10.1 Å². The van der Waals surface area contributed by atoms with Crippen LogP contribution in [0, 0.1) is 0 Å². The molecule has 0 radical (unpaired) electrons. The van der Waals surface area contributed by atoms with Crippen molar-refractivity contribution in [1.29, 1.82) is 0 Å². The van der Waals surface area contributed by atoms with Crippen molar-refractivity contribution in [2.45, 2.75) is 24.1 Å². The van der Waals surface area contributed by atoms with Crippen LogP contribution in [0.2, 0.25) is 0 Å². The van der Waals surface area contributed by atoms with Gasteiger partial charge in [0.1, 0.15) is 4.21 Å². The van der Waals surface area contributed by atoms with Crippen LogP contribution >= 0.6 is 11.3 Å². The van der Waals surface area contributed by atoms with E-state index >= 15 is 0 Å². The van der Waals surface area contributed by atoms with Crippen LogP contribution in [0.3, 0.4) is 0 Å². The number of hydrogen-bond donors (Lipinski definition) is 2. The predicted molar refractivity (Wildman–Crippen MR) is 88.9 cm³/mol. The summed E-state index contributed by atoms with van der Waals surface area (Å²) in [5.74, 6) is -0.135. The third-order valence-corrected chi connectivity index (χ3v) is 6.50. The number of carbonyl (C=O) groups is 1. The Morgan fingerprint density at radius 2 is 2.09 bits per heavy atom. The van der Waals surface area contributed by atoms with Gasteiger partial charge in [0.25, 0.3) is 0 Å². The molecule has 1 amide bonds. The molecule has 1 aliphatic heterocycles. The molecule has 1 aliphatic rings. The summed E-state index contributed by atoms with van der Waals surface area (Å²) in [5, 5.41) is 2.66. The molecular formula is C14H23N3O4S2. The highest BCUT2D eigenvalue weighted by Gasteiger charge is 2.17. The highest BCUT2D eigenvalue weighted by molar-refractivity contribution is 7.91. The fourth-order valence-corrected chi connectivity index (χ4v) is 4.63. The number of thiophene rings is 1. The molecule has 130 valence electrons. The van der Waals surface area contributed by atoms with E-state index in [4.69, 9.17) is 4.74 Å². The number of nitrogens with zero attached hydrogens (tertiary/aromatic N) is 1. The molecule has 1 aromatic rings. The zero-order chi connectivity index (χ0) is 16.7. The van der Waals surface area contributed by atoms with Gasteiger partial charge in [-0.2, -0.15) is 0 Å². The number of nitrogens with one attached hydrogen (secondary N) is 2. The Hall–Kier alpha value is -1.00. The largest absolute Gasteiger partial charge is 0.379 e. The molecule has 7 nitrogen and oxygen atoms in total. The summed E-state index contributed by atoms with van der Waals surface area (Å²) >= 11 is 1.18. The number of hydrogen-bond acceptors (Lipinski definition) is 6. The van der Waals surface area contributed by atoms with Crippen LogP contribution in [-0.2, 0) is 26.1 Å². The van der Waals surface area contributed by atoms with Gasteiger partial charge in [-0.25, -0.2) is 13.1 Å². The SMILES string of the molecule is CC(=O)NCc1ccc(S(=O)(=O)NCCCN2CCOCC2)s1. The highest BCUT2D eigenvalue weighted by Crippen LogP contribution is 2.21. The van der Waals surface area contributed by atoms with Crippen molar-refractivity contribution in [3.8, 4) is 0 Å². The molecule has 0 spiro atoms. The fraction of sp³-hybridized carbons (Fsp3) is 0.643. The number of amides is 1. The Bertz CT molecular complexity index is 609. The molecule has 2 heterocycles. The summed E-state index contributed by atoms with van der Waals surface area (Å²) in [7, 11) is -3.47. The summed E-state index contributed by atoms with van der Waals surface area (Å²) < 4.78 is 32.6. The molecular weight excluding hydrogens is 338 g/mol. The monoisotopic (exact) mass is 361 g/mol. The number of morpholine rings is 1. The first-order valence-corrected chi connectivity index (χ1v) is 9.90. The molecule has 9 heteroatoms. The van der Waals surface area contributed by atoms with E-state index in [1.54, 1.807) is 12.1 Å². The zero-order valence-electron chi connectivity index (χ0n) is 13.2. The van der Waals surface area contributed by atoms with Crippen molar-refractivity contribution in [1.82, 2.24) is 14.9 Å². The quantitative estimate of drug-likeness (QED) is 0.654. The highest BCUT2D eigenvalue weighted by atomic mass is 32.2. The summed E-state index contributed by atoms with van der Waals surface area (Å²) in [6.45, 7) is 6.38. The zero-order valence-corrected chi connectivity index (χ0v) is 14.8. The lowest BCUT2D eigenvalue weighted by molar-refractivity contribution is -0.119. The van der Waals surface area contributed by atoms with Crippen molar-refractivity contribution in [3.05, 3.63) is 17.0 Å². The molecule has 0 atom stereocenters. The standard InChI is InChI=1S/C14H23N3O4S2/c1-12(18)15-11-13-3-4-14(22-13)23(19,20)16-5-2-6-17-7-9-21-10-8-17/h3-4,16H,2,5-11H2,1H3,(H,15,18). The minimum atomic E-state index is -3.47. The molecule has 1 fully saturated rings. The van der Waals surface area contributed by atoms with Gasteiger partial charge in [0.05, 0.1) is 19.8 Å². The van der Waals surface area contributed by atoms with E-state index < -0.39 is 10.0 Å². The van der Waals surface area contributed by atoms with E-state index in [1.807, 2.05) is 0 Å².